The predicted octanol–water partition coefficient (Wildman–Crippen LogP) is 7.11. The molecule has 0 bridgehead atoms. The third kappa shape index (κ3) is 3.04. The van der Waals surface area contributed by atoms with Crippen LogP contribution in [0.4, 0.5) is 17.1 Å². The third-order valence-electron chi connectivity index (χ3n) is 6.56. The molecule has 29 heavy (non-hydrogen) atoms. The van der Waals surface area contributed by atoms with Gasteiger partial charge in [-0.3, -0.25) is 0 Å². The lowest BCUT2D eigenvalue weighted by molar-refractivity contribution is 0.613. The fourth-order valence-electron chi connectivity index (χ4n) is 4.94. The minimum Gasteiger partial charge on any atom is -0.353 e. The molecule has 1 heterocycles. The summed E-state index contributed by atoms with van der Waals surface area (Å²) in [6.45, 7) is 2.31. The second-order valence-electron chi connectivity index (χ2n) is 8.19. The van der Waals surface area contributed by atoms with E-state index in [0.29, 0.717) is 5.92 Å². The molecule has 5 rings (SSSR count). The van der Waals surface area contributed by atoms with Gasteiger partial charge in [-0.2, -0.15) is 0 Å². The Morgan fingerprint density at radius 1 is 0.793 bits per heavy atom. The summed E-state index contributed by atoms with van der Waals surface area (Å²) in [4.78, 5) is 4.95. The molecule has 2 aliphatic rings. The van der Waals surface area contributed by atoms with E-state index in [1.54, 1.807) is 0 Å². The van der Waals surface area contributed by atoms with Gasteiger partial charge in [-0.05, 0) is 55.4 Å². The van der Waals surface area contributed by atoms with E-state index in [9.17, 15) is 0 Å². The Morgan fingerprint density at radius 3 is 2.31 bits per heavy atom. The third-order valence-corrected chi connectivity index (χ3v) is 6.56. The van der Waals surface area contributed by atoms with Crippen molar-refractivity contribution in [1.29, 1.82) is 0 Å². The molecular formula is C27H28N2. The van der Waals surface area contributed by atoms with Crippen LogP contribution in [-0.4, -0.2) is 13.2 Å². The fourth-order valence-corrected chi connectivity index (χ4v) is 4.94. The average Bonchev–Trinajstić information content (AvgIpc) is 3.04. The van der Waals surface area contributed by atoms with Gasteiger partial charge in [0.05, 0.1) is 17.1 Å². The SMILES string of the molecule is CC1N(C)c2ccccc2N1c1c(-c2ccccc2)cccc1C1CC=CCC1. The Balaban J connectivity index is 1.75. The Hall–Kier alpha value is -3.00. The van der Waals surface area contributed by atoms with Gasteiger partial charge < -0.3 is 9.80 Å². The average molecular weight is 381 g/mol. The number of nitrogens with zero attached hydrogens (tertiary/aromatic N) is 2. The molecule has 3 aromatic carbocycles. The number of para-hydroxylation sites is 3. The lowest BCUT2D eigenvalue weighted by Crippen LogP contribution is -2.36. The largest absolute Gasteiger partial charge is 0.353 e. The zero-order chi connectivity index (χ0) is 19.8. The molecule has 3 aromatic rings. The van der Waals surface area contributed by atoms with Crippen molar-refractivity contribution in [3.63, 3.8) is 0 Å². The van der Waals surface area contributed by atoms with Gasteiger partial charge in [-0.1, -0.05) is 72.8 Å². The number of hydrogen-bond acceptors (Lipinski definition) is 2. The zero-order valence-corrected chi connectivity index (χ0v) is 17.3. The van der Waals surface area contributed by atoms with Gasteiger partial charge in [0.15, 0.2) is 0 Å². The first-order chi connectivity index (χ1) is 14.3. The molecule has 2 unspecified atom stereocenters. The molecule has 0 radical (unpaired) electrons. The van der Waals surface area contributed by atoms with Crippen molar-refractivity contribution in [3.05, 3.63) is 90.5 Å². The van der Waals surface area contributed by atoms with E-state index in [2.05, 4.69) is 109 Å². The van der Waals surface area contributed by atoms with Gasteiger partial charge in [0.2, 0.25) is 0 Å². The van der Waals surface area contributed by atoms with Gasteiger partial charge in [0.1, 0.15) is 6.17 Å². The maximum atomic E-state index is 2.56. The standard InChI is InChI=1S/C27H28N2/c1-20-28(2)25-18-9-10-19-26(25)29(20)27-23(21-12-5-3-6-13-21)16-11-17-24(27)22-14-7-4-8-15-22/h3-7,9-13,16-20,22H,8,14-15H2,1-2H3. The summed E-state index contributed by atoms with van der Waals surface area (Å²) in [5.41, 5.74) is 8.08. The van der Waals surface area contributed by atoms with Crippen LogP contribution in [0.3, 0.4) is 0 Å². The van der Waals surface area contributed by atoms with Crippen LogP contribution in [0, 0.1) is 0 Å². The van der Waals surface area contributed by atoms with E-state index in [1.807, 2.05) is 0 Å². The number of hydrogen-bond donors (Lipinski definition) is 0. The van der Waals surface area contributed by atoms with Gasteiger partial charge in [-0.25, -0.2) is 0 Å². The maximum absolute atomic E-state index is 2.56. The quantitative estimate of drug-likeness (QED) is 0.447. The molecule has 2 nitrogen and oxygen atoms in total. The Labute approximate surface area is 174 Å². The maximum Gasteiger partial charge on any atom is 0.103 e. The molecule has 146 valence electrons. The van der Waals surface area contributed by atoms with Gasteiger partial charge in [0, 0.05) is 12.6 Å². The van der Waals surface area contributed by atoms with Crippen molar-refractivity contribution in [2.45, 2.75) is 38.3 Å². The van der Waals surface area contributed by atoms with Gasteiger partial charge in [0.25, 0.3) is 0 Å². The van der Waals surface area contributed by atoms with Crippen LogP contribution >= 0.6 is 0 Å². The molecule has 0 N–H and O–H groups in total. The number of allylic oxidation sites excluding steroid dienone is 2. The summed E-state index contributed by atoms with van der Waals surface area (Å²) in [5.74, 6) is 0.573. The van der Waals surface area contributed by atoms with Crippen LogP contribution in [0.1, 0.15) is 37.7 Å². The minimum absolute atomic E-state index is 0.273. The summed E-state index contributed by atoms with van der Waals surface area (Å²) >= 11 is 0. The zero-order valence-electron chi connectivity index (χ0n) is 17.3. The van der Waals surface area contributed by atoms with E-state index in [0.717, 1.165) is 6.42 Å². The smallest absolute Gasteiger partial charge is 0.103 e. The van der Waals surface area contributed by atoms with Crippen LogP contribution in [-0.2, 0) is 0 Å². The van der Waals surface area contributed by atoms with Crippen molar-refractivity contribution >= 4 is 17.1 Å². The van der Waals surface area contributed by atoms with Crippen molar-refractivity contribution in [1.82, 2.24) is 0 Å². The highest BCUT2D eigenvalue weighted by molar-refractivity contribution is 5.91. The van der Waals surface area contributed by atoms with Crippen molar-refractivity contribution < 1.29 is 0 Å². The molecule has 0 amide bonds. The Bertz CT molecular complexity index is 1040. The molecule has 0 saturated carbocycles. The van der Waals surface area contributed by atoms with Crippen LogP contribution in [0.5, 0.6) is 0 Å². The van der Waals surface area contributed by atoms with Crippen molar-refractivity contribution in [2.24, 2.45) is 0 Å². The molecule has 0 aromatic heterocycles. The summed E-state index contributed by atoms with van der Waals surface area (Å²) in [6, 6.07) is 26.6. The van der Waals surface area contributed by atoms with E-state index >= 15 is 0 Å². The van der Waals surface area contributed by atoms with E-state index < -0.39 is 0 Å². The molecule has 2 heteroatoms. The molecule has 1 aliphatic carbocycles. The molecular weight excluding hydrogens is 352 g/mol. The number of anilines is 3. The molecule has 0 saturated heterocycles. The summed E-state index contributed by atoms with van der Waals surface area (Å²) < 4.78 is 0. The Kier molecular flexibility index (Phi) is 4.63. The van der Waals surface area contributed by atoms with E-state index in [4.69, 9.17) is 0 Å². The summed E-state index contributed by atoms with van der Waals surface area (Å²) in [5, 5.41) is 0. The van der Waals surface area contributed by atoms with Crippen LogP contribution < -0.4 is 9.80 Å². The highest BCUT2D eigenvalue weighted by Crippen LogP contribution is 2.50. The number of fused-ring (bicyclic) bond motifs is 1. The second-order valence-corrected chi connectivity index (χ2v) is 8.19. The molecule has 0 spiro atoms. The highest BCUT2D eigenvalue weighted by Gasteiger charge is 2.35. The van der Waals surface area contributed by atoms with Crippen molar-refractivity contribution in [3.8, 4) is 11.1 Å². The Morgan fingerprint density at radius 2 is 1.55 bits per heavy atom. The summed E-state index contributed by atoms with van der Waals surface area (Å²) in [6.07, 6.45) is 8.49. The van der Waals surface area contributed by atoms with Gasteiger partial charge in [-0.15, -0.1) is 0 Å². The number of rotatable bonds is 3. The first kappa shape index (κ1) is 18.1. The van der Waals surface area contributed by atoms with Crippen molar-refractivity contribution in [2.75, 3.05) is 16.8 Å². The monoisotopic (exact) mass is 380 g/mol. The lowest BCUT2D eigenvalue weighted by Gasteiger charge is -2.34. The predicted molar refractivity (Wildman–Crippen MR) is 124 cm³/mol. The first-order valence-corrected chi connectivity index (χ1v) is 10.7. The number of benzene rings is 3. The minimum atomic E-state index is 0.273. The van der Waals surface area contributed by atoms with E-state index in [-0.39, 0.29) is 6.17 Å². The molecule has 2 atom stereocenters. The first-order valence-electron chi connectivity index (χ1n) is 10.7. The highest BCUT2D eigenvalue weighted by atomic mass is 15.4. The van der Waals surface area contributed by atoms with Crippen LogP contribution in [0.25, 0.3) is 11.1 Å². The summed E-state index contributed by atoms with van der Waals surface area (Å²) in [7, 11) is 2.21. The van der Waals surface area contributed by atoms with Crippen LogP contribution in [0.2, 0.25) is 0 Å². The molecule has 1 aliphatic heterocycles. The van der Waals surface area contributed by atoms with Gasteiger partial charge >= 0.3 is 0 Å². The second kappa shape index (κ2) is 7.44. The van der Waals surface area contributed by atoms with Crippen LogP contribution in [0.15, 0.2) is 84.9 Å². The normalized spacial score (nSPS) is 20.8. The fraction of sp³-hybridized carbons (Fsp3) is 0.259. The van der Waals surface area contributed by atoms with E-state index in [1.165, 1.54) is 46.6 Å². The molecule has 0 fully saturated rings. The lowest BCUT2D eigenvalue weighted by atomic mass is 9.84. The topological polar surface area (TPSA) is 6.48 Å².